The number of hydrogen-bond donors (Lipinski definition) is 4. The molecule has 1 atom stereocenters. The second-order valence-corrected chi connectivity index (χ2v) is 2.72. The lowest BCUT2D eigenvalue weighted by molar-refractivity contribution is 0.116. The maximum atomic E-state index is 8.74. The first-order valence-electron chi connectivity index (χ1n) is 2.31. The van der Waals surface area contributed by atoms with Gasteiger partial charge in [-0.2, -0.15) is 0 Å². The predicted octanol–water partition coefficient (Wildman–Crippen LogP) is -0.865. The lowest BCUT2D eigenvalue weighted by Gasteiger charge is -1.96. The van der Waals surface area contributed by atoms with Crippen LogP contribution in [0.25, 0.3) is 0 Å². The van der Waals surface area contributed by atoms with Crippen molar-refractivity contribution in [2.75, 3.05) is 11.0 Å². The van der Waals surface area contributed by atoms with Crippen molar-refractivity contribution in [3.63, 3.8) is 0 Å². The summed E-state index contributed by atoms with van der Waals surface area (Å²) in [5.74, 6) is 0. The lowest BCUT2D eigenvalue weighted by Crippen LogP contribution is -2.12. The molecule has 4 N–H and O–H groups in total. The first-order valence-corrected chi connectivity index (χ1v) is 5.14. The van der Waals surface area contributed by atoms with Gasteiger partial charge in [-0.3, -0.25) is 4.57 Å². The molecule has 0 aliphatic heterocycles. The molecular weight excluding hydrogens is 274 g/mol. The fraction of sp³-hybridized carbons (Fsp3) is 1.00. The minimum atomic E-state index is -3.13. The van der Waals surface area contributed by atoms with E-state index in [4.69, 9.17) is 24.6 Å². The number of alkyl halides is 1. The Morgan fingerprint density at radius 1 is 1.50 bits per heavy atom. The minimum Gasteiger partial charge on any atom is -0.394 e. The van der Waals surface area contributed by atoms with Crippen molar-refractivity contribution in [1.82, 2.24) is 0 Å². The number of hydrogen-bond acceptors (Lipinski definition) is 3. The maximum absolute atomic E-state index is 8.74. The van der Waals surface area contributed by atoms with Crippen molar-refractivity contribution in [2.45, 2.75) is 6.10 Å². The number of halogens is 1. The van der Waals surface area contributed by atoms with Crippen molar-refractivity contribution in [1.29, 1.82) is 0 Å². The van der Waals surface area contributed by atoms with Gasteiger partial charge in [0.15, 0.2) is 0 Å². The zero-order valence-corrected chi connectivity index (χ0v) is 8.22. The van der Waals surface area contributed by atoms with Crippen molar-refractivity contribution in [2.24, 2.45) is 0 Å². The van der Waals surface area contributed by atoms with Crippen LogP contribution >= 0.6 is 30.8 Å². The van der Waals surface area contributed by atoms with E-state index in [0.717, 1.165) is 0 Å². The summed E-state index contributed by atoms with van der Waals surface area (Å²) >= 11 is 2.00. The van der Waals surface area contributed by atoms with Crippen molar-refractivity contribution in [3.05, 3.63) is 0 Å². The van der Waals surface area contributed by atoms with Gasteiger partial charge in [-0.1, -0.05) is 22.6 Å². The molecule has 0 aromatic carbocycles. The van der Waals surface area contributed by atoms with Gasteiger partial charge < -0.3 is 20.0 Å². The molecule has 0 aromatic heterocycles. The Kier molecular flexibility index (Phi) is 13.1. The fourth-order valence-electron chi connectivity index (χ4n) is 0.0488. The molecule has 0 spiro atoms. The quantitative estimate of drug-likeness (QED) is 0.300. The predicted molar refractivity (Wildman–Crippen MR) is 45.4 cm³/mol. The second-order valence-electron chi connectivity index (χ2n) is 1.27. The Labute approximate surface area is 72.8 Å². The third-order valence-corrected chi connectivity index (χ3v) is 1.41. The van der Waals surface area contributed by atoms with E-state index in [-0.39, 0.29) is 6.61 Å². The fourth-order valence-corrected chi connectivity index (χ4v) is 0.327. The largest absolute Gasteiger partial charge is 0.394 e. The van der Waals surface area contributed by atoms with E-state index in [9.17, 15) is 0 Å². The molecule has 0 radical (unpaired) electrons. The first-order chi connectivity index (χ1) is 4.54. The maximum Gasteiger partial charge on any atom is 0.314 e. The molecule has 0 rings (SSSR count). The Balaban J connectivity index is 0. The summed E-state index contributed by atoms with van der Waals surface area (Å²) in [4.78, 5) is 14.3. The Morgan fingerprint density at radius 3 is 1.80 bits per heavy atom. The Hall–Kier alpha value is 0.800. The summed E-state index contributed by atoms with van der Waals surface area (Å²) in [6.45, 7) is -0.122. The first kappa shape index (κ1) is 13.4. The molecule has 7 heteroatoms. The van der Waals surface area contributed by atoms with Crippen LogP contribution in [0.15, 0.2) is 0 Å². The van der Waals surface area contributed by atoms with Gasteiger partial charge in [-0.25, -0.2) is 0 Å². The van der Waals surface area contributed by atoms with Crippen LogP contribution in [-0.2, 0) is 4.57 Å². The van der Waals surface area contributed by atoms with Gasteiger partial charge in [-0.15, -0.1) is 0 Å². The van der Waals surface area contributed by atoms with Crippen LogP contribution in [0.3, 0.4) is 0 Å². The van der Waals surface area contributed by atoms with Crippen LogP contribution < -0.4 is 0 Å². The van der Waals surface area contributed by atoms with E-state index in [0.29, 0.717) is 4.43 Å². The zero-order chi connectivity index (χ0) is 8.57. The monoisotopic (exact) mass is 284 g/mol. The second kappa shape index (κ2) is 9.80. The highest BCUT2D eigenvalue weighted by Gasteiger charge is 1.93. The highest BCUT2D eigenvalue weighted by molar-refractivity contribution is 14.1. The van der Waals surface area contributed by atoms with Crippen LogP contribution in [0.1, 0.15) is 0 Å². The number of aliphatic hydroxyl groups excluding tert-OH is 2. The van der Waals surface area contributed by atoms with Crippen molar-refractivity contribution in [3.8, 4) is 0 Å². The zero-order valence-electron chi connectivity index (χ0n) is 5.07. The smallest absolute Gasteiger partial charge is 0.314 e. The summed E-state index contributed by atoms with van der Waals surface area (Å²) in [7, 11) is -3.13. The third kappa shape index (κ3) is 23.2. The molecule has 5 nitrogen and oxygen atoms in total. The standard InChI is InChI=1S/C3H7IO2.H3O3P/c4-1-3(6)2-5;1-4(2)3/h3,5-6H,1-2H2;4H,(H2,1,2,3)/t3-;/m1./s1. The topological polar surface area (TPSA) is 98.0 Å². The average Bonchev–Trinajstić information content (AvgIpc) is 1.85. The van der Waals surface area contributed by atoms with Crippen LogP contribution in [0.2, 0.25) is 0 Å². The minimum absolute atomic E-state index is 0.122. The van der Waals surface area contributed by atoms with E-state index in [1.165, 1.54) is 0 Å². The molecule has 0 aliphatic carbocycles. The van der Waals surface area contributed by atoms with E-state index in [2.05, 4.69) is 0 Å². The molecule has 0 heterocycles. The van der Waals surface area contributed by atoms with E-state index < -0.39 is 14.4 Å². The van der Waals surface area contributed by atoms with Crippen LogP contribution in [0.5, 0.6) is 0 Å². The van der Waals surface area contributed by atoms with Crippen LogP contribution in [-0.4, -0.2) is 37.1 Å². The Bertz CT molecular complexity index is 81.0. The summed E-state index contributed by atoms with van der Waals surface area (Å²) in [6, 6.07) is 0. The highest BCUT2D eigenvalue weighted by atomic mass is 127. The molecule has 0 aromatic rings. The molecule has 0 aliphatic rings. The summed E-state index contributed by atoms with van der Waals surface area (Å²) < 4.78 is 9.35. The molecule has 0 bridgehead atoms. The average molecular weight is 284 g/mol. The molecule has 0 fully saturated rings. The summed E-state index contributed by atoms with van der Waals surface area (Å²) in [5, 5.41) is 16.5. The molecule has 0 unspecified atom stereocenters. The van der Waals surface area contributed by atoms with E-state index in [1.54, 1.807) is 0 Å². The van der Waals surface area contributed by atoms with Gasteiger partial charge in [0.2, 0.25) is 0 Å². The van der Waals surface area contributed by atoms with Gasteiger partial charge in [0.05, 0.1) is 12.7 Å². The van der Waals surface area contributed by atoms with Gasteiger partial charge in [-0.05, 0) is 0 Å². The highest BCUT2D eigenvalue weighted by Crippen LogP contribution is 1.98. The molecular formula is C3H10IO5P. The molecule has 0 saturated carbocycles. The molecule has 0 amide bonds. The van der Waals surface area contributed by atoms with Gasteiger partial charge >= 0.3 is 8.25 Å². The molecule has 0 saturated heterocycles. The third-order valence-electron chi connectivity index (χ3n) is 0.389. The molecule has 64 valence electrons. The lowest BCUT2D eigenvalue weighted by atomic mass is 10.5. The van der Waals surface area contributed by atoms with Gasteiger partial charge in [0.25, 0.3) is 0 Å². The van der Waals surface area contributed by atoms with Crippen LogP contribution in [0.4, 0.5) is 0 Å². The normalized spacial score (nSPS) is 12.2. The SMILES string of the molecule is O=[PH](O)O.OC[C@H](O)CI. The number of aliphatic hydroxyl groups is 2. The molecule has 10 heavy (non-hydrogen) atoms. The van der Waals surface area contributed by atoms with E-state index >= 15 is 0 Å². The summed E-state index contributed by atoms with van der Waals surface area (Å²) in [5.41, 5.74) is 0. The van der Waals surface area contributed by atoms with Crippen LogP contribution in [0, 0.1) is 0 Å². The van der Waals surface area contributed by atoms with Crippen molar-refractivity contribution < 1.29 is 24.6 Å². The summed E-state index contributed by atoms with van der Waals surface area (Å²) in [6.07, 6.45) is -0.523. The van der Waals surface area contributed by atoms with Gasteiger partial charge in [0.1, 0.15) is 0 Å². The Morgan fingerprint density at radius 2 is 1.80 bits per heavy atom. The van der Waals surface area contributed by atoms with Crippen molar-refractivity contribution >= 4 is 30.8 Å². The van der Waals surface area contributed by atoms with E-state index in [1.807, 2.05) is 22.6 Å². The van der Waals surface area contributed by atoms with Gasteiger partial charge in [0, 0.05) is 4.43 Å². The number of rotatable bonds is 2.